The molecule has 0 fully saturated rings. The molecule has 18 heavy (non-hydrogen) atoms. The summed E-state index contributed by atoms with van der Waals surface area (Å²) in [4.78, 5) is 12.7. The summed E-state index contributed by atoms with van der Waals surface area (Å²) in [6.45, 7) is 2.20. The second-order valence-electron chi connectivity index (χ2n) is 4.39. The first-order valence-electron chi connectivity index (χ1n) is 6.16. The molecule has 1 heterocycles. The van der Waals surface area contributed by atoms with Crippen molar-refractivity contribution in [1.82, 2.24) is 0 Å². The fraction of sp³-hybridized carbons (Fsp3) is 0.462. The second-order valence-corrected chi connectivity index (χ2v) is 6.38. The minimum absolute atomic E-state index is 0.120. The molecule has 1 atom stereocenters. The summed E-state index contributed by atoms with van der Waals surface area (Å²) < 4.78 is 1.02. The fourth-order valence-electron chi connectivity index (χ4n) is 1.93. The van der Waals surface area contributed by atoms with Crippen molar-refractivity contribution in [2.24, 2.45) is 5.73 Å². The van der Waals surface area contributed by atoms with Gasteiger partial charge in [0, 0.05) is 20.6 Å². The normalized spacial score (nSPS) is 17.7. The van der Waals surface area contributed by atoms with Gasteiger partial charge in [0.15, 0.2) is 0 Å². The summed E-state index contributed by atoms with van der Waals surface area (Å²) in [6, 6.07) is 3.44. The molecular formula is C13H17BrN2OS. The maximum absolute atomic E-state index is 11.5. The number of fused-ring (bicyclic) bond motifs is 1. The Hall–Kier alpha value is -0.520. The van der Waals surface area contributed by atoms with Gasteiger partial charge in [0.25, 0.3) is 0 Å². The van der Waals surface area contributed by atoms with E-state index in [0.29, 0.717) is 0 Å². The van der Waals surface area contributed by atoms with Crippen LogP contribution in [0.2, 0.25) is 0 Å². The number of anilines is 1. The lowest BCUT2D eigenvalue weighted by atomic mass is 10.1. The fourth-order valence-corrected chi connectivity index (χ4v) is 3.60. The van der Waals surface area contributed by atoms with Crippen LogP contribution >= 0.6 is 27.7 Å². The van der Waals surface area contributed by atoms with Crippen molar-refractivity contribution in [2.45, 2.75) is 37.1 Å². The van der Waals surface area contributed by atoms with Crippen LogP contribution < -0.4 is 11.1 Å². The van der Waals surface area contributed by atoms with Crippen LogP contribution in [0, 0.1) is 0 Å². The van der Waals surface area contributed by atoms with Crippen molar-refractivity contribution >= 4 is 39.3 Å². The molecule has 1 aliphatic heterocycles. The molecule has 2 rings (SSSR count). The maximum atomic E-state index is 11.5. The zero-order valence-electron chi connectivity index (χ0n) is 10.3. The number of nitrogens with one attached hydrogen (secondary N) is 1. The highest BCUT2D eigenvalue weighted by molar-refractivity contribution is 9.10. The molecule has 1 aromatic carbocycles. The quantitative estimate of drug-likeness (QED) is 0.640. The highest BCUT2D eigenvalue weighted by Crippen LogP contribution is 2.38. The Morgan fingerprint density at radius 1 is 1.44 bits per heavy atom. The monoisotopic (exact) mass is 328 g/mol. The molecular weight excluding hydrogens is 312 g/mol. The lowest BCUT2D eigenvalue weighted by molar-refractivity contribution is -0.116. The largest absolute Gasteiger partial charge is 0.324 e. The molecule has 1 aromatic rings. The Balaban J connectivity index is 2.10. The van der Waals surface area contributed by atoms with Crippen molar-refractivity contribution in [2.75, 3.05) is 11.1 Å². The van der Waals surface area contributed by atoms with Crippen molar-refractivity contribution in [3.05, 3.63) is 22.2 Å². The highest BCUT2D eigenvalue weighted by atomic mass is 79.9. The third-order valence-corrected chi connectivity index (χ3v) is 5.05. The molecule has 98 valence electrons. The van der Waals surface area contributed by atoms with Gasteiger partial charge in [-0.15, -0.1) is 11.8 Å². The van der Waals surface area contributed by atoms with E-state index in [4.69, 9.17) is 5.73 Å². The van der Waals surface area contributed by atoms with E-state index in [1.807, 2.05) is 23.9 Å². The number of rotatable bonds is 5. The maximum Gasteiger partial charge on any atom is 0.245 e. The van der Waals surface area contributed by atoms with Gasteiger partial charge >= 0.3 is 0 Å². The van der Waals surface area contributed by atoms with Crippen molar-refractivity contribution in [3.63, 3.8) is 0 Å². The first kappa shape index (κ1) is 13.9. The summed E-state index contributed by atoms with van der Waals surface area (Å²) in [5.74, 6) is 0.982. The van der Waals surface area contributed by atoms with Crippen LogP contribution in [0.5, 0.6) is 0 Å². The number of carbonyl (C=O) groups excluding carboxylic acids is 1. The van der Waals surface area contributed by atoms with E-state index >= 15 is 0 Å². The van der Waals surface area contributed by atoms with Crippen LogP contribution in [-0.4, -0.2) is 11.7 Å². The average Bonchev–Trinajstić information content (AvgIpc) is 2.61. The lowest BCUT2D eigenvalue weighted by Crippen LogP contribution is -2.19. The van der Waals surface area contributed by atoms with Crippen LogP contribution in [0.1, 0.15) is 37.8 Å². The van der Waals surface area contributed by atoms with Gasteiger partial charge in [0.2, 0.25) is 5.91 Å². The van der Waals surface area contributed by atoms with Crippen LogP contribution in [0.25, 0.3) is 0 Å². The van der Waals surface area contributed by atoms with Gasteiger partial charge < -0.3 is 11.1 Å². The van der Waals surface area contributed by atoms with Gasteiger partial charge in [-0.05, 0) is 40.2 Å². The Morgan fingerprint density at radius 3 is 2.94 bits per heavy atom. The van der Waals surface area contributed by atoms with E-state index in [1.165, 1.54) is 24.2 Å². The molecule has 0 saturated heterocycles. The van der Waals surface area contributed by atoms with Crippen molar-refractivity contribution < 1.29 is 4.79 Å². The van der Waals surface area contributed by atoms with Crippen LogP contribution in [0.4, 0.5) is 5.69 Å². The number of unbranched alkanes of at least 4 members (excludes halogenated alkanes) is 2. The van der Waals surface area contributed by atoms with E-state index in [2.05, 4.69) is 28.2 Å². The third-order valence-electron chi connectivity index (χ3n) is 2.98. The van der Waals surface area contributed by atoms with E-state index in [0.717, 1.165) is 21.5 Å². The zero-order valence-corrected chi connectivity index (χ0v) is 12.7. The van der Waals surface area contributed by atoms with Gasteiger partial charge in [-0.3, -0.25) is 4.79 Å². The van der Waals surface area contributed by atoms with Crippen molar-refractivity contribution in [1.29, 1.82) is 0 Å². The van der Waals surface area contributed by atoms with E-state index in [-0.39, 0.29) is 5.91 Å². The Morgan fingerprint density at radius 2 is 2.22 bits per heavy atom. The van der Waals surface area contributed by atoms with E-state index < -0.39 is 6.04 Å². The topological polar surface area (TPSA) is 55.1 Å². The summed E-state index contributed by atoms with van der Waals surface area (Å²) in [5.41, 5.74) is 7.54. The van der Waals surface area contributed by atoms with Gasteiger partial charge in [-0.25, -0.2) is 0 Å². The minimum atomic E-state index is -0.532. The van der Waals surface area contributed by atoms with Gasteiger partial charge in [0.05, 0.1) is 0 Å². The molecule has 5 heteroatoms. The molecule has 3 nitrogen and oxygen atoms in total. The smallest absolute Gasteiger partial charge is 0.245 e. The molecule has 1 amide bonds. The first-order chi connectivity index (χ1) is 8.63. The standard InChI is InChI=1S/C13H17BrN2OS/c1-2-3-4-5-18-11-7-10-8(6-9(11)14)12(15)13(17)16-10/h6-7,12H,2-5,15H2,1H3,(H,16,17). The van der Waals surface area contributed by atoms with Gasteiger partial charge in [0.1, 0.15) is 6.04 Å². The van der Waals surface area contributed by atoms with E-state index in [9.17, 15) is 4.79 Å². The molecule has 3 N–H and O–H groups in total. The summed E-state index contributed by atoms with van der Waals surface area (Å²) in [6.07, 6.45) is 3.71. The third kappa shape index (κ3) is 2.90. The molecule has 0 aromatic heterocycles. The van der Waals surface area contributed by atoms with Gasteiger partial charge in [-0.1, -0.05) is 19.8 Å². The summed E-state index contributed by atoms with van der Waals surface area (Å²) in [7, 11) is 0. The predicted molar refractivity (Wildman–Crippen MR) is 79.9 cm³/mol. The Labute approximate surface area is 120 Å². The highest BCUT2D eigenvalue weighted by Gasteiger charge is 2.28. The lowest BCUT2D eigenvalue weighted by Gasteiger charge is -2.08. The van der Waals surface area contributed by atoms with Crippen LogP contribution in [-0.2, 0) is 4.79 Å². The molecule has 1 unspecified atom stereocenters. The Kier molecular flexibility index (Phi) is 4.70. The number of carbonyl (C=O) groups is 1. The number of thioether (sulfide) groups is 1. The molecule has 0 saturated carbocycles. The zero-order chi connectivity index (χ0) is 13.1. The molecule has 1 aliphatic rings. The predicted octanol–water partition coefficient (Wildman–Crippen LogP) is 3.68. The number of benzene rings is 1. The number of hydrogen-bond acceptors (Lipinski definition) is 3. The van der Waals surface area contributed by atoms with Crippen molar-refractivity contribution in [3.8, 4) is 0 Å². The SMILES string of the molecule is CCCCCSc1cc2c(cc1Br)C(N)C(=O)N2. The summed E-state index contributed by atoms with van der Waals surface area (Å²) in [5, 5.41) is 2.82. The van der Waals surface area contributed by atoms with Crippen LogP contribution in [0.15, 0.2) is 21.5 Å². The number of hydrogen-bond donors (Lipinski definition) is 2. The average molecular weight is 329 g/mol. The number of nitrogens with two attached hydrogens (primary N) is 1. The van der Waals surface area contributed by atoms with Gasteiger partial charge in [-0.2, -0.15) is 0 Å². The van der Waals surface area contributed by atoms with E-state index in [1.54, 1.807) is 0 Å². The Bertz CT molecular complexity index is 465. The molecule has 0 radical (unpaired) electrons. The molecule has 0 aliphatic carbocycles. The first-order valence-corrected chi connectivity index (χ1v) is 7.94. The second kappa shape index (κ2) is 6.08. The molecule has 0 bridgehead atoms. The number of amides is 1. The number of halogens is 1. The van der Waals surface area contributed by atoms with Crippen LogP contribution in [0.3, 0.4) is 0 Å². The molecule has 0 spiro atoms. The summed E-state index contributed by atoms with van der Waals surface area (Å²) >= 11 is 5.37. The minimum Gasteiger partial charge on any atom is -0.324 e.